The molecule has 1 aromatic rings. The van der Waals surface area contributed by atoms with Gasteiger partial charge in [0.2, 0.25) is 0 Å². The second kappa shape index (κ2) is 4.49. The van der Waals surface area contributed by atoms with Crippen molar-refractivity contribution in [2.24, 2.45) is 0 Å². The number of aliphatic carboxylic acids is 1. The van der Waals surface area contributed by atoms with E-state index in [1.165, 1.54) is 0 Å². The molecule has 0 aromatic carbocycles. The van der Waals surface area contributed by atoms with Crippen molar-refractivity contribution in [1.82, 2.24) is 4.98 Å². The zero-order chi connectivity index (χ0) is 11.5. The van der Waals surface area contributed by atoms with E-state index >= 15 is 0 Å². The van der Waals surface area contributed by atoms with E-state index in [4.69, 9.17) is 14.6 Å². The molecule has 0 bridgehead atoms. The minimum Gasteiger partial charge on any atom is -0.485 e. The van der Waals surface area contributed by atoms with Crippen LogP contribution < -0.4 is 4.74 Å². The van der Waals surface area contributed by atoms with E-state index in [9.17, 15) is 4.79 Å². The van der Waals surface area contributed by atoms with Gasteiger partial charge in [-0.05, 0) is 12.1 Å². The van der Waals surface area contributed by atoms with Crippen molar-refractivity contribution in [2.45, 2.75) is 18.4 Å². The lowest BCUT2D eigenvalue weighted by atomic mass is 9.97. The molecule has 86 valence electrons. The van der Waals surface area contributed by atoms with Crippen molar-refractivity contribution < 1.29 is 19.4 Å². The summed E-state index contributed by atoms with van der Waals surface area (Å²) in [6.07, 6.45) is 1.40. The summed E-state index contributed by atoms with van der Waals surface area (Å²) in [5.41, 5.74) is 0.715. The first-order valence-electron chi connectivity index (χ1n) is 5.04. The fraction of sp³-hybridized carbons (Fsp3) is 0.455. The fourth-order valence-corrected chi connectivity index (χ4v) is 1.93. The number of carbonyl (C=O) groups is 1. The topological polar surface area (TPSA) is 68.7 Å². The number of methoxy groups -OCH3 is 1. The van der Waals surface area contributed by atoms with E-state index in [1.54, 1.807) is 25.4 Å². The minimum absolute atomic E-state index is 0.0119. The second-order valence-corrected chi connectivity index (χ2v) is 3.70. The quantitative estimate of drug-likeness (QED) is 0.826. The van der Waals surface area contributed by atoms with Crippen LogP contribution in [0.5, 0.6) is 5.75 Å². The lowest BCUT2D eigenvalue weighted by Gasteiger charge is -2.15. The van der Waals surface area contributed by atoms with Gasteiger partial charge < -0.3 is 14.6 Å². The Morgan fingerprint density at radius 3 is 3.19 bits per heavy atom. The Hall–Kier alpha value is -1.62. The molecule has 2 rings (SSSR count). The van der Waals surface area contributed by atoms with Crippen molar-refractivity contribution in [3.8, 4) is 5.75 Å². The Balaban J connectivity index is 2.24. The maximum atomic E-state index is 10.8. The number of carboxylic acids is 1. The molecule has 1 aromatic heterocycles. The molecule has 0 aliphatic carbocycles. The summed E-state index contributed by atoms with van der Waals surface area (Å²) < 4.78 is 10.6. The molecule has 2 atom stereocenters. The first kappa shape index (κ1) is 10.9. The summed E-state index contributed by atoms with van der Waals surface area (Å²) in [6.45, 7) is 0.369. The zero-order valence-corrected chi connectivity index (χ0v) is 8.92. The van der Waals surface area contributed by atoms with Crippen LogP contribution in [0.25, 0.3) is 0 Å². The van der Waals surface area contributed by atoms with Crippen molar-refractivity contribution in [2.75, 3.05) is 13.7 Å². The molecule has 5 heteroatoms. The van der Waals surface area contributed by atoms with Crippen LogP contribution in [0.3, 0.4) is 0 Å². The molecule has 0 amide bonds. The predicted octanol–water partition coefficient (Wildman–Crippen LogP) is 1.05. The third-order valence-corrected chi connectivity index (χ3v) is 2.60. The number of hydrogen-bond donors (Lipinski definition) is 1. The number of nitrogens with zero attached hydrogens (tertiary/aromatic N) is 1. The Morgan fingerprint density at radius 1 is 1.69 bits per heavy atom. The molecule has 2 heterocycles. The highest BCUT2D eigenvalue weighted by molar-refractivity contribution is 5.68. The van der Waals surface area contributed by atoms with E-state index in [2.05, 4.69) is 4.98 Å². The third-order valence-electron chi connectivity index (χ3n) is 2.60. The van der Waals surface area contributed by atoms with Crippen molar-refractivity contribution in [1.29, 1.82) is 0 Å². The van der Waals surface area contributed by atoms with Gasteiger partial charge in [-0.25, -0.2) is 0 Å². The SMILES string of the molecule is COC[C@H]1Oc2cccnc2[C@@H]1CC(=O)O. The van der Waals surface area contributed by atoms with E-state index in [0.717, 1.165) is 0 Å². The van der Waals surface area contributed by atoms with Crippen LogP contribution in [0.15, 0.2) is 18.3 Å². The molecule has 0 spiro atoms. The van der Waals surface area contributed by atoms with E-state index in [1.807, 2.05) is 0 Å². The second-order valence-electron chi connectivity index (χ2n) is 3.70. The van der Waals surface area contributed by atoms with Crippen LogP contribution in [0.4, 0.5) is 0 Å². The van der Waals surface area contributed by atoms with Crippen LogP contribution in [0.2, 0.25) is 0 Å². The molecule has 16 heavy (non-hydrogen) atoms. The number of fused-ring (bicyclic) bond motifs is 1. The molecule has 0 fully saturated rings. The van der Waals surface area contributed by atoms with Crippen LogP contribution in [0.1, 0.15) is 18.0 Å². The van der Waals surface area contributed by atoms with E-state index in [0.29, 0.717) is 18.1 Å². The predicted molar refractivity (Wildman–Crippen MR) is 55.5 cm³/mol. The fourth-order valence-electron chi connectivity index (χ4n) is 1.93. The van der Waals surface area contributed by atoms with Crippen LogP contribution in [-0.2, 0) is 9.53 Å². The van der Waals surface area contributed by atoms with Crippen LogP contribution in [0, 0.1) is 0 Å². The molecule has 1 aliphatic rings. The Morgan fingerprint density at radius 2 is 2.50 bits per heavy atom. The highest BCUT2D eigenvalue weighted by atomic mass is 16.5. The van der Waals surface area contributed by atoms with Gasteiger partial charge in [0.1, 0.15) is 11.9 Å². The van der Waals surface area contributed by atoms with Gasteiger partial charge in [0, 0.05) is 13.3 Å². The van der Waals surface area contributed by atoms with Crippen LogP contribution in [-0.4, -0.2) is 35.9 Å². The van der Waals surface area contributed by atoms with Gasteiger partial charge in [-0.1, -0.05) is 0 Å². The number of rotatable bonds is 4. The maximum absolute atomic E-state index is 10.8. The van der Waals surface area contributed by atoms with Crippen molar-refractivity contribution >= 4 is 5.97 Å². The van der Waals surface area contributed by atoms with Gasteiger partial charge >= 0.3 is 5.97 Å². The molecular weight excluding hydrogens is 210 g/mol. The highest BCUT2D eigenvalue weighted by Crippen LogP contribution is 2.38. The molecule has 5 nitrogen and oxygen atoms in total. The van der Waals surface area contributed by atoms with Gasteiger partial charge in [0.15, 0.2) is 0 Å². The number of pyridine rings is 1. The van der Waals surface area contributed by atoms with Gasteiger partial charge in [-0.3, -0.25) is 9.78 Å². The first-order valence-corrected chi connectivity index (χ1v) is 5.04. The summed E-state index contributed by atoms with van der Waals surface area (Å²) in [4.78, 5) is 15.0. The number of carboxylic acid groups (broad SMARTS) is 1. The van der Waals surface area contributed by atoms with E-state index in [-0.39, 0.29) is 18.4 Å². The Labute approximate surface area is 93.0 Å². The molecule has 0 saturated carbocycles. The van der Waals surface area contributed by atoms with Crippen molar-refractivity contribution in [3.63, 3.8) is 0 Å². The minimum atomic E-state index is -0.854. The monoisotopic (exact) mass is 223 g/mol. The van der Waals surface area contributed by atoms with Gasteiger partial charge in [0.05, 0.1) is 24.6 Å². The van der Waals surface area contributed by atoms with Gasteiger partial charge in [-0.2, -0.15) is 0 Å². The molecule has 1 N–H and O–H groups in total. The summed E-state index contributed by atoms with van der Waals surface area (Å²) >= 11 is 0. The smallest absolute Gasteiger partial charge is 0.304 e. The highest BCUT2D eigenvalue weighted by Gasteiger charge is 2.36. The molecule has 0 saturated heterocycles. The Kier molecular flexibility index (Phi) is 3.05. The summed E-state index contributed by atoms with van der Waals surface area (Å²) in [5, 5.41) is 8.86. The van der Waals surface area contributed by atoms with Crippen molar-refractivity contribution in [3.05, 3.63) is 24.0 Å². The first-order chi connectivity index (χ1) is 7.72. The van der Waals surface area contributed by atoms with Gasteiger partial charge in [0.25, 0.3) is 0 Å². The summed E-state index contributed by atoms with van der Waals surface area (Å²) in [7, 11) is 1.57. The van der Waals surface area contributed by atoms with E-state index < -0.39 is 5.97 Å². The van der Waals surface area contributed by atoms with Gasteiger partial charge in [-0.15, -0.1) is 0 Å². The standard InChI is InChI=1S/C11H13NO4/c1-15-6-9-7(5-10(13)14)11-8(16-9)3-2-4-12-11/h2-4,7,9H,5-6H2,1H3,(H,13,14)/t7-,9-/m1/s1. The number of hydrogen-bond acceptors (Lipinski definition) is 4. The summed E-state index contributed by atoms with van der Waals surface area (Å²) in [6, 6.07) is 3.57. The molecular formula is C11H13NO4. The molecule has 0 radical (unpaired) electrons. The lowest BCUT2D eigenvalue weighted by Crippen LogP contribution is -2.26. The Bertz CT molecular complexity index is 393. The number of aromatic nitrogens is 1. The average Bonchev–Trinajstić information content (AvgIpc) is 2.57. The zero-order valence-electron chi connectivity index (χ0n) is 8.92. The van der Waals surface area contributed by atoms with Crippen LogP contribution >= 0.6 is 0 Å². The number of ether oxygens (including phenoxy) is 2. The lowest BCUT2D eigenvalue weighted by molar-refractivity contribution is -0.138. The molecule has 0 unspecified atom stereocenters. The average molecular weight is 223 g/mol. The maximum Gasteiger partial charge on any atom is 0.304 e. The summed E-state index contributed by atoms with van der Waals surface area (Å²) in [5.74, 6) is -0.419. The normalized spacial score (nSPS) is 22.6. The largest absolute Gasteiger partial charge is 0.485 e. The third kappa shape index (κ3) is 1.99. The molecule has 1 aliphatic heterocycles.